The number of benzene rings is 1. The molecule has 144 valence electrons. The zero-order valence-corrected chi connectivity index (χ0v) is 17.2. The minimum atomic E-state index is -0.0129. The monoisotopic (exact) mass is 366 g/mol. The Balaban J connectivity index is 1.90. The number of pyridine rings is 1. The third-order valence-electron chi connectivity index (χ3n) is 5.00. The summed E-state index contributed by atoms with van der Waals surface area (Å²) in [6.45, 7) is 13.6. The zero-order chi connectivity index (χ0) is 19.7. The van der Waals surface area contributed by atoms with Crippen LogP contribution in [0.3, 0.4) is 0 Å². The Labute approximate surface area is 161 Å². The predicted molar refractivity (Wildman–Crippen MR) is 112 cm³/mol. The molecule has 3 rings (SSSR count). The first-order valence-electron chi connectivity index (χ1n) is 9.72. The minimum absolute atomic E-state index is 0.0129. The normalized spacial score (nSPS) is 11.7. The molecule has 5 heteroatoms. The number of carbonyl (C=O) groups is 1. The van der Waals surface area contributed by atoms with Gasteiger partial charge in [-0.05, 0) is 59.2 Å². The van der Waals surface area contributed by atoms with E-state index in [1.165, 1.54) is 16.3 Å². The fraction of sp³-hybridized carbons (Fsp3) is 0.455. The summed E-state index contributed by atoms with van der Waals surface area (Å²) in [7, 11) is 0. The van der Waals surface area contributed by atoms with Crippen molar-refractivity contribution in [1.29, 1.82) is 0 Å². The molecule has 0 aliphatic heterocycles. The number of urea groups is 1. The van der Waals surface area contributed by atoms with Gasteiger partial charge in [0.1, 0.15) is 5.65 Å². The van der Waals surface area contributed by atoms with Crippen LogP contribution in [0.25, 0.3) is 21.9 Å². The van der Waals surface area contributed by atoms with Crippen molar-refractivity contribution in [2.75, 3.05) is 6.54 Å². The van der Waals surface area contributed by atoms with Gasteiger partial charge in [-0.15, -0.1) is 0 Å². The first-order chi connectivity index (χ1) is 12.8. The summed E-state index contributed by atoms with van der Waals surface area (Å²) in [5.41, 5.74) is 4.40. The number of nitrogens with one attached hydrogen (secondary N) is 1. The lowest BCUT2D eigenvalue weighted by Crippen LogP contribution is -2.48. The molecule has 0 radical (unpaired) electrons. The maximum Gasteiger partial charge on any atom is 0.317 e. The quantitative estimate of drug-likeness (QED) is 0.715. The molecule has 0 fully saturated rings. The summed E-state index contributed by atoms with van der Waals surface area (Å²) < 4.78 is 2.22. The second kappa shape index (κ2) is 7.59. The number of hydrogen-bond donors (Lipinski definition) is 1. The average molecular weight is 367 g/mol. The number of para-hydroxylation sites is 1. The van der Waals surface area contributed by atoms with E-state index >= 15 is 0 Å². The van der Waals surface area contributed by atoms with Gasteiger partial charge in [0.05, 0.1) is 5.52 Å². The van der Waals surface area contributed by atoms with Crippen LogP contribution in [0.4, 0.5) is 4.79 Å². The molecule has 2 heterocycles. The topological polar surface area (TPSA) is 50.2 Å². The van der Waals surface area contributed by atoms with Crippen LogP contribution in [0.5, 0.6) is 0 Å². The molecule has 0 aliphatic carbocycles. The summed E-state index contributed by atoms with van der Waals surface area (Å²) in [4.78, 5) is 19.3. The SMILES string of the molecule is Cc1cc(C)c2c3ccccc3n(CCNC(=O)N(C(C)C)C(C)C)c2n1. The molecule has 0 saturated carbocycles. The van der Waals surface area contributed by atoms with Crippen LogP contribution >= 0.6 is 0 Å². The van der Waals surface area contributed by atoms with E-state index in [2.05, 4.69) is 47.1 Å². The van der Waals surface area contributed by atoms with Crippen molar-refractivity contribution in [3.63, 3.8) is 0 Å². The minimum Gasteiger partial charge on any atom is -0.336 e. The predicted octanol–water partition coefficient (Wildman–Crippen LogP) is 4.63. The third kappa shape index (κ3) is 3.64. The van der Waals surface area contributed by atoms with Crippen LogP contribution in [-0.2, 0) is 6.54 Å². The van der Waals surface area contributed by atoms with Crippen molar-refractivity contribution >= 4 is 28.0 Å². The molecule has 0 unspecified atom stereocenters. The Morgan fingerprint density at radius 2 is 1.81 bits per heavy atom. The first kappa shape index (κ1) is 19.2. The van der Waals surface area contributed by atoms with Crippen LogP contribution in [0, 0.1) is 13.8 Å². The lowest BCUT2D eigenvalue weighted by Gasteiger charge is -2.30. The van der Waals surface area contributed by atoms with Gasteiger partial charge in [-0.1, -0.05) is 18.2 Å². The van der Waals surface area contributed by atoms with Crippen molar-refractivity contribution < 1.29 is 4.79 Å². The van der Waals surface area contributed by atoms with Gasteiger partial charge in [-0.25, -0.2) is 9.78 Å². The Morgan fingerprint density at radius 3 is 2.48 bits per heavy atom. The fourth-order valence-electron chi connectivity index (χ4n) is 4.04. The van der Waals surface area contributed by atoms with E-state index in [1.807, 2.05) is 39.5 Å². The summed E-state index contributed by atoms with van der Waals surface area (Å²) in [5.74, 6) is 0. The van der Waals surface area contributed by atoms with Crippen LogP contribution < -0.4 is 5.32 Å². The number of rotatable bonds is 5. The largest absolute Gasteiger partial charge is 0.336 e. The smallest absolute Gasteiger partial charge is 0.317 e. The number of amides is 2. The summed E-state index contributed by atoms with van der Waals surface area (Å²) in [6, 6.07) is 10.9. The molecule has 27 heavy (non-hydrogen) atoms. The van der Waals surface area contributed by atoms with Gasteiger partial charge in [-0.3, -0.25) is 0 Å². The Morgan fingerprint density at radius 1 is 1.15 bits per heavy atom. The fourth-order valence-corrected chi connectivity index (χ4v) is 4.04. The van der Waals surface area contributed by atoms with Crippen molar-refractivity contribution in [3.05, 3.63) is 41.6 Å². The van der Waals surface area contributed by atoms with E-state index in [4.69, 9.17) is 4.98 Å². The number of aromatic nitrogens is 2. The Bertz CT molecular complexity index is 963. The Hall–Kier alpha value is -2.56. The maximum absolute atomic E-state index is 12.6. The second-order valence-electron chi connectivity index (χ2n) is 7.77. The van der Waals surface area contributed by atoms with Gasteiger partial charge < -0.3 is 14.8 Å². The van der Waals surface area contributed by atoms with Crippen molar-refractivity contribution in [1.82, 2.24) is 19.8 Å². The van der Waals surface area contributed by atoms with Crippen molar-refractivity contribution in [3.8, 4) is 0 Å². The second-order valence-corrected chi connectivity index (χ2v) is 7.77. The molecule has 1 aromatic carbocycles. The van der Waals surface area contributed by atoms with E-state index < -0.39 is 0 Å². The zero-order valence-electron chi connectivity index (χ0n) is 17.2. The van der Waals surface area contributed by atoms with E-state index in [1.54, 1.807) is 0 Å². The van der Waals surface area contributed by atoms with Crippen molar-refractivity contribution in [2.24, 2.45) is 0 Å². The molecule has 0 bridgehead atoms. The maximum atomic E-state index is 12.6. The van der Waals surface area contributed by atoms with Gasteiger partial charge >= 0.3 is 6.03 Å². The van der Waals surface area contributed by atoms with Gasteiger partial charge in [0.2, 0.25) is 0 Å². The third-order valence-corrected chi connectivity index (χ3v) is 5.00. The van der Waals surface area contributed by atoms with Crippen LogP contribution in [-0.4, -0.2) is 39.1 Å². The van der Waals surface area contributed by atoms with Gasteiger partial charge in [-0.2, -0.15) is 0 Å². The summed E-state index contributed by atoms with van der Waals surface area (Å²) >= 11 is 0. The van der Waals surface area contributed by atoms with E-state index in [0.717, 1.165) is 16.9 Å². The molecule has 0 spiro atoms. The first-order valence-corrected chi connectivity index (χ1v) is 9.72. The van der Waals surface area contributed by atoms with E-state index in [-0.39, 0.29) is 18.1 Å². The number of fused-ring (bicyclic) bond motifs is 3. The van der Waals surface area contributed by atoms with Crippen molar-refractivity contribution in [2.45, 2.75) is 60.2 Å². The lowest BCUT2D eigenvalue weighted by atomic mass is 10.1. The highest BCUT2D eigenvalue weighted by Crippen LogP contribution is 2.30. The highest BCUT2D eigenvalue weighted by atomic mass is 16.2. The van der Waals surface area contributed by atoms with E-state index in [0.29, 0.717) is 13.1 Å². The average Bonchev–Trinajstić information content (AvgIpc) is 2.88. The standard InChI is InChI=1S/C22H30N4O/c1-14(2)26(15(3)4)22(27)23-11-12-25-19-10-8-7-9-18(19)20-16(5)13-17(6)24-21(20)25/h7-10,13-15H,11-12H2,1-6H3,(H,23,27). The van der Waals surface area contributed by atoms with Gasteiger partial charge in [0, 0.05) is 41.6 Å². The molecule has 3 aromatic rings. The van der Waals surface area contributed by atoms with Crippen LogP contribution in [0.1, 0.15) is 39.0 Å². The lowest BCUT2D eigenvalue weighted by molar-refractivity contribution is 0.165. The molecule has 2 aromatic heterocycles. The highest BCUT2D eigenvalue weighted by molar-refractivity contribution is 6.08. The van der Waals surface area contributed by atoms with E-state index in [9.17, 15) is 4.79 Å². The molecule has 0 saturated heterocycles. The molecule has 1 N–H and O–H groups in total. The highest BCUT2D eigenvalue weighted by Gasteiger charge is 2.20. The number of hydrogen-bond acceptors (Lipinski definition) is 2. The van der Waals surface area contributed by atoms with Gasteiger partial charge in [0.15, 0.2) is 0 Å². The summed E-state index contributed by atoms with van der Waals surface area (Å²) in [5, 5.41) is 5.50. The van der Waals surface area contributed by atoms with Crippen LogP contribution in [0.15, 0.2) is 30.3 Å². The Kier molecular flexibility index (Phi) is 5.40. The summed E-state index contributed by atoms with van der Waals surface area (Å²) in [6.07, 6.45) is 0. The molecule has 5 nitrogen and oxygen atoms in total. The van der Waals surface area contributed by atoms with Crippen LogP contribution in [0.2, 0.25) is 0 Å². The van der Waals surface area contributed by atoms with Gasteiger partial charge in [0.25, 0.3) is 0 Å². The number of carbonyl (C=O) groups excluding carboxylic acids is 1. The molecule has 0 atom stereocenters. The molecular weight excluding hydrogens is 336 g/mol. The molecule has 2 amide bonds. The number of aryl methyl sites for hydroxylation is 2. The molecule has 0 aliphatic rings. The molecular formula is C22H30N4O. The number of nitrogens with zero attached hydrogens (tertiary/aromatic N) is 3.